The zero-order chi connectivity index (χ0) is 15.0. The molecule has 2 unspecified atom stereocenters. The predicted octanol–water partition coefficient (Wildman–Crippen LogP) is -0.548. The number of rotatable bonds is 5. The second kappa shape index (κ2) is 5.41. The third-order valence-corrected chi connectivity index (χ3v) is 6.53. The van der Waals surface area contributed by atoms with Crippen LogP contribution < -0.4 is 5.32 Å². The van der Waals surface area contributed by atoms with Gasteiger partial charge in [-0.25, -0.2) is 16.8 Å². The molecule has 1 aliphatic heterocycles. The van der Waals surface area contributed by atoms with Crippen molar-refractivity contribution in [1.29, 1.82) is 0 Å². The second-order valence-corrected chi connectivity index (χ2v) is 9.59. The zero-order valence-electron chi connectivity index (χ0n) is 11.2. The quantitative estimate of drug-likeness (QED) is 0.766. The largest absolute Gasteiger partial charge is 0.338 e. The van der Waals surface area contributed by atoms with Gasteiger partial charge in [-0.2, -0.15) is 4.98 Å². The Hall–Kier alpha value is -1.00. The highest BCUT2D eigenvalue weighted by atomic mass is 32.2. The topological polar surface area (TPSA) is 119 Å². The molecule has 0 saturated carbocycles. The minimum absolute atomic E-state index is 0.105. The van der Waals surface area contributed by atoms with E-state index in [1.54, 1.807) is 0 Å². The Morgan fingerprint density at radius 2 is 2.20 bits per heavy atom. The van der Waals surface area contributed by atoms with Gasteiger partial charge < -0.3 is 9.84 Å². The summed E-state index contributed by atoms with van der Waals surface area (Å²) < 4.78 is 50.3. The highest BCUT2D eigenvalue weighted by Gasteiger charge is 2.28. The molecule has 20 heavy (non-hydrogen) atoms. The van der Waals surface area contributed by atoms with E-state index < -0.39 is 24.9 Å². The molecule has 1 aliphatic rings. The van der Waals surface area contributed by atoms with Gasteiger partial charge in [0.05, 0.1) is 18.1 Å². The van der Waals surface area contributed by atoms with E-state index in [1.807, 2.05) is 0 Å². The SMILES string of the molecule is CC(c1noc(CNC2CCS(=O)(=O)C2)n1)S(C)(=O)=O. The summed E-state index contributed by atoms with van der Waals surface area (Å²) in [6.07, 6.45) is 1.67. The Morgan fingerprint density at radius 3 is 2.75 bits per heavy atom. The maximum Gasteiger partial charge on any atom is 0.240 e. The number of hydrogen-bond acceptors (Lipinski definition) is 8. The van der Waals surface area contributed by atoms with Crippen molar-refractivity contribution in [2.75, 3.05) is 17.8 Å². The van der Waals surface area contributed by atoms with E-state index in [9.17, 15) is 16.8 Å². The number of sulfone groups is 2. The lowest BCUT2D eigenvalue weighted by molar-refractivity contribution is 0.355. The Labute approximate surface area is 117 Å². The molecule has 2 rings (SSSR count). The van der Waals surface area contributed by atoms with Crippen LogP contribution in [0.5, 0.6) is 0 Å². The van der Waals surface area contributed by atoms with Crippen molar-refractivity contribution >= 4 is 19.7 Å². The summed E-state index contributed by atoms with van der Waals surface area (Å²) in [5.74, 6) is 0.654. The maximum absolute atomic E-state index is 11.4. The summed E-state index contributed by atoms with van der Waals surface area (Å²) in [7, 11) is -6.21. The summed E-state index contributed by atoms with van der Waals surface area (Å²) in [5.41, 5.74) is 0. The fourth-order valence-electron chi connectivity index (χ4n) is 1.88. The fraction of sp³-hybridized carbons (Fsp3) is 0.800. The molecule has 0 amide bonds. The molecule has 1 fully saturated rings. The van der Waals surface area contributed by atoms with Gasteiger partial charge in [0.15, 0.2) is 25.5 Å². The number of nitrogens with zero attached hydrogens (tertiary/aromatic N) is 2. The van der Waals surface area contributed by atoms with Crippen molar-refractivity contribution in [1.82, 2.24) is 15.5 Å². The van der Waals surface area contributed by atoms with Crippen LogP contribution in [0.4, 0.5) is 0 Å². The van der Waals surface area contributed by atoms with E-state index in [1.165, 1.54) is 6.92 Å². The summed E-state index contributed by atoms with van der Waals surface area (Å²) in [4.78, 5) is 4.01. The maximum atomic E-state index is 11.4. The van der Waals surface area contributed by atoms with Gasteiger partial charge in [0.25, 0.3) is 0 Å². The molecule has 0 spiro atoms. The lowest BCUT2D eigenvalue weighted by Gasteiger charge is -2.07. The molecule has 1 aromatic heterocycles. The summed E-state index contributed by atoms with van der Waals surface area (Å²) in [5, 5.41) is 5.83. The standard InChI is InChI=1S/C10H17N3O5S2/c1-7(19(2,14)15)10-12-9(18-13-10)5-11-8-3-4-20(16,17)6-8/h7-8,11H,3-6H2,1-2H3. The molecule has 1 saturated heterocycles. The van der Waals surface area contributed by atoms with Crippen LogP contribution in [0.1, 0.15) is 30.3 Å². The van der Waals surface area contributed by atoms with Crippen molar-refractivity contribution in [3.63, 3.8) is 0 Å². The van der Waals surface area contributed by atoms with Gasteiger partial charge in [-0.3, -0.25) is 0 Å². The fourth-order valence-corrected chi connectivity index (χ4v) is 4.07. The van der Waals surface area contributed by atoms with Gasteiger partial charge in [0, 0.05) is 12.3 Å². The van der Waals surface area contributed by atoms with Crippen LogP contribution in [0, 0.1) is 0 Å². The van der Waals surface area contributed by atoms with Crippen LogP contribution >= 0.6 is 0 Å². The third-order valence-electron chi connectivity index (χ3n) is 3.26. The molecule has 0 bridgehead atoms. The molecule has 8 nitrogen and oxygen atoms in total. The minimum Gasteiger partial charge on any atom is -0.338 e. The Morgan fingerprint density at radius 1 is 1.50 bits per heavy atom. The van der Waals surface area contributed by atoms with Crippen LogP contribution in [0.2, 0.25) is 0 Å². The molecule has 1 N–H and O–H groups in total. The zero-order valence-corrected chi connectivity index (χ0v) is 12.9. The summed E-state index contributed by atoms with van der Waals surface area (Å²) in [6.45, 7) is 1.71. The Bertz CT molecular complexity index is 680. The first-order valence-electron chi connectivity index (χ1n) is 6.12. The van der Waals surface area contributed by atoms with E-state index >= 15 is 0 Å². The van der Waals surface area contributed by atoms with Crippen LogP contribution in [-0.2, 0) is 26.2 Å². The molecule has 0 radical (unpaired) electrons. The van der Waals surface area contributed by atoms with Gasteiger partial charge in [0.1, 0.15) is 5.25 Å². The monoisotopic (exact) mass is 323 g/mol. The van der Waals surface area contributed by atoms with E-state index in [-0.39, 0.29) is 35.8 Å². The summed E-state index contributed by atoms with van der Waals surface area (Å²) in [6, 6.07) is -0.123. The molecule has 2 heterocycles. The highest BCUT2D eigenvalue weighted by molar-refractivity contribution is 7.91. The molecule has 0 aliphatic carbocycles. The van der Waals surface area contributed by atoms with Crippen molar-refractivity contribution in [3.8, 4) is 0 Å². The van der Waals surface area contributed by atoms with E-state index in [0.29, 0.717) is 6.42 Å². The van der Waals surface area contributed by atoms with Gasteiger partial charge in [-0.15, -0.1) is 0 Å². The lowest BCUT2D eigenvalue weighted by Crippen LogP contribution is -2.29. The van der Waals surface area contributed by atoms with Gasteiger partial charge in [-0.05, 0) is 13.3 Å². The molecule has 10 heteroatoms. The van der Waals surface area contributed by atoms with Crippen molar-refractivity contribution in [2.24, 2.45) is 0 Å². The summed E-state index contributed by atoms with van der Waals surface area (Å²) >= 11 is 0. The van der Waals surface area contributed by atoms with E-state index in [0.717, 1.165) is 6.26 Å². The molecular weight excluding hydrogens is 306 g/mol. The van der Waals surface area contributed by atoms with Crippen molar-refractivity contribution in [3.05, 3.63) is 11.7 Å². The van der Waals surface area contributed by atoms with Gasteiger partial charge >= 0.3 is 0 Å². The molecule has 1 aromatic rings. The molecule has 2 atom stereocenters. The van der Waals surface area contributed by atoms with Crippen LogP contribution in [-0.4, -0.2) is 50.8 Å². The first-order chi connectivity index (χ1) is 9.17. The van der Waals surface area contributed by atoms with Gasteiger partial charge in [0.2, 0.25) is 5.89 Å². The van der Waals surface area contributed by atoms with E-state index in [2.05, 4.69) is 15.5 Å². The van der Waals surface area contributed by atoms with E-state index in [4.69, 9.17) is 4.52 Å². The second-order valence-electron chi connectivity index (χ2n) is 5.00. The number of aromatic nitrogens is 2. The smallest absolute Gasteiger partial charge is 0.240 e. The average molecular weight is 323 g/mol. The van der Waals surface area contributed by atoms with Crippen LogP contribution in [0.25, 0.3) is 0 Å². The predicted molar refractivity (Wildman–Crippen MR) is 71.5 cm³/mol. The average Bonchev–Trinajstić information content (AvgIpc) is 2.91. The lowest BCUT2D eigenvalue weighted by atomic mass is 10.3. The molecule has 114 valence electrons. The molecule has 0 aromatic carbocycles. The number of hydrogen-bond donors (Lipinski definition) is 1. The third kappa shape index (κ3) is 3.76. The number of nitrogens with one attached hydrogen (secondary N) is 1. The Kier molecular flexibility index (Phi) is 4.17. The van der Waals surface area contributed by atoms with Crippen LogP contribution in [0.3, 0.4) is 0 Å². The van der Waals surface area contributed by atoms with Crippen molar-refractivity contribution in [2.45, 2.75) is 31.2 Å². The minimum atomic E-state index is -3.27. The first kappa shape index (κ1) is 15.4. The van der Waals surface area contributed by atoms with Gasteiger partial charge in [-0.1, -0.05) is 5.16 Å². The highest BCUT2D eigenvalue weighted by Crippen LogP contribution is 2.18. The van der Waals surface area contributed by atoms with Crippen molar-refractivity contribution < 1.29 is 21.4 Å². The normalized spacial score (nSPS) is 23.8. The van der Waals surface area contributed by atoms with Crippen LogP contribution in [0.15, 0.2) is 4.52 Å². The first-order valence-corrected chi connectivity index (χ1v) is 9.90. The Balaban J connectivity index is 1.94. The molecular formula is C10H17N3O5S2.